The van der Waals surface area contributed by atoms with Crippen LogP contribution in [0.25, 0.3) is 0 Å². The summed E-state index contributed by atoms with van der Waals surface area (Å²) < 4.78 is 0. The van der Waals surface area contributed by atoms with Gasteiger partial charge in [-0.3, -0.25) is 0 Å². The van der Waals surface area contributed by atoms with Gasteiger partial charge in [-0.2, -0.15) is 0 Å². The number of hydrogen-bond donors (Lipinski definition) is 2. The molecule has 2 nitrogen and oxygen atoms in total. The molecule has 0 aliphatic carbocycles. The van der Waals surface area contributed by atoms with Crippen molar-refractivity contribution in [2.24, 2.45) is 0 Å². The summed E-state index contributed by atoms with van der Waals surface area (Å²) in [4.78, 5) is 4.71. The van der Waals surface area contributed by atoms with Crippen LogP contribution in [-0.4, -0.2) is 4.98 Å². The van der Waals surface area contributed by atoms with E-state index in [4.69, 9.17) is 7.05 Å². The van der Waals surface area contributed by atoms with E-state index in [0.717, 1.165) is 4.90 Å². The van der Waals surface area contributed by atoms with Crippen LogP contribution in [0.15, 0.2) is 23.2 Å². The van der Waals surface area contributed by atoms with E-state index in [-0.39, 0.29) is 0 Å². The molecule has 3 heteroatoms. The fraction of sp³-hybridized carbons (Fsp3) is 0. The van der Waals surface area contributed by atoms with Crippen molar-refractivity contribution in [2.45, 2.75) is 4.90 Å². The Labute approximate surface area is 59.7 Å². The lowest BCUT2D eigenvalue weighted by Gasteiger charge is -1.95. The van der Waals surface area contributed by atoms with Crippen LogP contribution in [0.1, 0.15) is 0 Å². The van der Waals surface area contributed by atoms with Gasteiger partial charge in [0, 0.05) is 11.1 Å². The molecule has 1 rings (SSSR count). The van der Waals surface area contributed by atoms with Gasteiger partial charge in [-0.25, -0.2) is 4.98 Å². The zero-order chi connectivity index (χ0) is 6.69. The van der Waals surface area contributed by atoms with E-state index >= 15 is 0 Å². The smallest absolute Gasteiger partial charge is 0.126 e. The number of nitrogens with one attached hydrogen (secondary N) is 1. The largest absolute Gasteiger partial charge is 0.363 e. The second kappa shape index (κ2) is 2.73. The van der Waals surface area contributed by atoms with Crippen molar-refractivity contribution in [1.29, 1.82) is 0 Å². The van der Waals surface area contributed by atoms with Gasteiger partial charge in [0.1, 0.15) is 5.82 Å². The molecule has 0 aliphatic heterocycles. The van der Waals surface area contributed by atoms with Crippen molar-refractivity contribution >= 4 is 18.4 Å². The minimum Gasteiger partial charge on any atom is -0.363 e. The zero-order valence-electron chi connectivity index (χ0n) is 4.70. The number of rotatable bonds is 1. The molecule has 0 saturated heterocycles. The molecule has 0 unspecified atom stereocenters. The van der Waals surface area contributed by atoms with Crippen LogP contribution in [0.4, 0.5) is 5.82 Å². The standard InChI is InChI=1S/C6H6N2S/c1-7-6-3-2-5(9)4-8-6/h1-4,9H,(H,7,8). The molecular weight excluding hydrogens is 132 g/mol. The summed E-state index contributed by atoms with van der Waals surface area (Å²) in [6, 6.07) is 3.56. The summed E-state index contributed by atoms with van der Waals surface area (Å²) >= 11 is 4.04. The summed E-state index contributed by atoms with van der Waals surface area (Å²) in [5, 5.41) is 2.41. The third-order valence-corrected chi connectivity index (χ3v) is 1.16. The lowest BCUT2D eigenvalue weighted by Crippen LogP contribution is -1.86. The molecule has 46 valence electrons. The molecule has 0 saturated carbocycles. The van der Waals surface area contributed by atoms with Gasteiger partial charge in [0.15, 0.2) is 0 Å². The highest BCUT2D eigenvalue weighted by molar-refractivity contribution is 7.80. The molecule has 2 radical (unpaired) electrons. The first-order valence-corrected chi connectivity index (χ1v) is 2.89. The topological polar surface area (TPSA) is 24.9 Å². The molecule has 1 aromatic rings. The van der Waals surface area contributed by atoms with Crippen molar-refractivity contribution in [2.75, 3.05) is 5.32 Å². The fourth-order valence-electron chi connectivity index (χ4n) is 0.471. The van der Waals surface area contributed by atoms with Gasteiger partial charge in [-0.1, -0.05) is 0 Å². The van der Waals surface area contributed by atoms with Crippen LogP contribution in [0, 0.1) is 7.05 Å². The number of pyridine rings is 1. The third kappa shape index (κ3) is 1.61. The summed E-state index contributed by atoms with van der Waals surface area (Å²) in [5.41, 5.74) is 0. The Kier molecular flexibility index (Phi) is 1.95. The molecule has 1 aromatic heterocycles. The molecule has 0 aromatic carbocycles. The van der Waals surface area contributed by atoms with Crippen LogP contribution in [0.5, 0.6) is 0 Å². The average molecular weight is 138 g/mol. The fourth-order valence-corrected chi connectivity index (χ4v) is 0.604. The molecule has 0 amide bonds. The third-order valence-electron chi connectivity index (χ3n) is 0.896. The average Bonchev–Trinajstić information content (AvgIpc) is 1.90. The molecule has 0 fully saturated rings. The minimum atomic E-state index is 0.646. The number of thiol groups is 1. The van der Waals surface area contributed by atoms with Crippen LogP contribution < -0.4 is 5.32 Å². The van der Waals surface area contributed by atoms with E-state index < -0.39 is 0 Å². The monoisotopic (exact) mass is 138 g/mol. The molecule has 0 bridgehead atoms. The molecular formula is C6H6N2S. The highest BCUT2D eigenvalue weighted by atomic mass is 32.1. The lowest BCUT2D eigenvalue weighted by atomic mass is 10.5. The van der Waals surface area contributed by atoms with Crippen molar-refractivity contribution in [3.05, 3.63) is 25.4 Å². The highest BCUT2D eigenvalue weighted by Gasteiger charge is 1.86. The zero-order valence-corrected chi connectivity index (χ0v) is 5.60. The molecule has 1 heterocycles. The Morgan fingerprint density at radius 1 is 1.56 bits per heavy atom. The maximum absolute atomic E-state index is 5.06. The van der Waals surface area contributed by atoms with E-state index in [9.17, 15) is 0 Å². The predicted molar refractivity (Wildman–Crippen MR) is 39.4 cm³/mol. The first kappa shape index (κ1) is 6.42. The Bertz CT molecular complexity index is 183. The summed E-state index contributed by atoms with van der Waals surface area (Å²) in [6.07, 6.45) is 1.62. The first-order valence-electron chi connectivity index (χ1n) is 2.44. The second-order valence-electron chi connectivity index (χ2n) is 1.55. The van der Waals surface area contributed by atoms with Gasteiger partial charge in [0.05, 0.1) is 7.05 Å². The van der Waals surface area contributed by atoms with Gasteiger partial charge < -0.3 is 5.32 Å². The maximum atomic E-state index is 5.06. The van der Waals surface area contributed by atoms with Gasteiger partial charge >= 0.3 is 0 Å². The van der Waals surface area contributed by atoms with Crippen LogP contribution in [0.2, 0.25) is 0 Å². The first-order chi connectivity index (χ1) is 4.33. The summed E-state index contributed by atoms with van der Waals surface area (Å²) in [5.74, 6) is 0.646. The Hall–Kier alpha value is -0.700. The SMILES string of the molecule is [CH]Nc1ccc(S)cn1. The molecule has 9 heavy (non-hydrogen) atoms. The van der Waals surface area contributed by atoms with Crippen molar-refractivity contribution in [1.82, 2.24) is 4.98 Å². The number of anilines is 1. The highest BCUT2D eigenvalue weighted by Crippen LogP contribution is 2.06. The van der Waals surface area contributed by atoms with E-state index in [1.54, 1.807) is 12.3 Å². The number of hydrogen-bond acceptors (Lipinski definition) is 3. The van der Waals surface area contributed by atoms with Gasteiger partial charge in [-0.05, 0) is 12.1 Å². The van der Waals surface area contributed by atoms with E-state index in [1.165, 1.54) is 0 Å². The van der Waals surface area contributed by atoms with Crippen molar-refractivity contribution in [3.63, 3.8) is 0 Å². The quantitative estimate of drug-likeness (QED) is 0.453. The Morgan fingerprint density at radius 2 is 2.33 bits per heavy atom. The van der Waals surface area contributed by atoms with E-state index in [2.05, 4.69) is 22.9 Å². The molecule has 0 spiro atoms. The number of nitrogens with zero attached hydrogens (tertiary/aromatic N) is 1. The van der Waals surface area contributed by atoms with Crippen molar-refractivity contribution in [3.8, 4) is 0 Å². The number of aromatic nitrogens is 1. The van der Waals surface area contributed by atoms with Crippen LogP contribution in [0.3, 0.4) is 0 Å². The lowest BCUT2D eigenvalue weighted by molar-refractivity contribution is 1.24. The minimum absolute atomic E-state index is 0.646. The Balaban J connectivity index is 2.88. The van der Waals surface area contributed by atoms with Gasteiger partial charge in [0.2, 0.25) is 0 Å². The second-order valence-corrected chi connectivity index (χ2v) is 2.06. The molecule has 1 N–H and O–H groups in total. The maximum Gasteiger partial charge on any atom is 0.126 e. The molecule has 0 atom stereocenters. The summed E-state index contributed by atoms with van der Waals surface area (Å²) in [6.45, 7) is 0. The van der Waals surface area contributed by atoms with Gasteiger partial charge in [-0.15, -0.1) is 12.6 Å². The van der Waals surface area contributed by atoms with Gasteiger partial charge in [0.25, 0.3) is 0 Å². The molecule has 0 aliphatic rings. The van der Waals surface area contributed by atoms with Crippen LogP contribution in [-0.2, 0) is 0 Å². The normalized spacial score (nSPS) is 9.11. The predicted octanol–water partition coefficient (Wildman–Crippen LogP) is 1.45. The Morgan fingerprint density at radius 3 is 2.78 bits per heavy atom. The van der Waals surface area contributed by atoms with Crippen LogP contribution >= 0.6 is 12.6 Å². The van der Waals surface area contributed by atoms with Crippen molar-refractivity contribution < 1.29 is 0 Å². The van der Waals surface area contributed by atoms with E-state index in [1.807, 2.05) is 6.07 Å². The van der Waals surface area contributed by atoms with E-state index in [0.29, 0.717) is 5.82 Å². The summed E-state index contributed by atoms with van der Waals surface area (Å²) in [7, 11) is 5.06.